The quantitative estimate of drug-likeness (QED) is 0.699. The normalized spacial score (nSPS) is 24.6. The van der Waals surface area contributed by atoms with Gasteiger partial charge in [0.1, 0.15) is 0 Å². The first-order valence-corrected chi connectivity index (χ1v) is 6.32. The molecule has 0 aromatic heterocycles. The van der Waals surface area contributed by atoms with Crippen LogP contribution in [-0.2, 0) is 9.47 Å². The highest BCUT2D eigenvalue weighted by Gasteiger charge is 2.21. The fraction of sp³-hybridized carbons (Fsp3) is 1.00. The summed E-state index contributed by atoms with van der Waals surface area (Å²) in [6.45, 7) is 10.1. The minimum absolute atomic E-state index is 0.436. The van der Waals surface area contributed by atoms with Crippen molar-refractivity contribution < 1.29 is 9.47 Å². The molecule has 2 unspecified atom stereocenters. The Morgan fingerprint density at radius 1 is 1.56 bits per heavy atom. The van der Waals surface area contributed by atoms with Gasteiger partial charge in [0, 0.05) is 32.3 Å². The number of ether oxygens (including phenoxy) is 2. The predicted octanol–water partition coefficient (Wildman–Crippen LogP) is 0.722. The lowest BCUT2D eigenvalue weighted by atomic mass is 10.2. The molecule has 0 saturated carbocycles. The van der Waals surface area contributed by atoms with Gasteiger partial charge in [-0.2, -0.15) is 0 Å². The fourth-order valence-corrected chi connectivity index (χ4v) is 2.04. The van der Waals surface area contributed by atoms with E-state index in [1.165, 1.54) is 6.42 Å². The van der Waals surface area contributed by atoms with Crippen LogP contribution in [0.3, 0.4) is 0 Å². The minimum Gasteiger partial charge on any atom is -0.383 e. The molecule has 0 aromatic rings. The molecule has 2 atom stereocenters. The number of nitrogens with zero attached hydrogens (tertiary/aromatic N) is 1. The van der Waals surface area contributed by atoms with Crippen LogP contribution in [0.5, 0.6) is 0 Å². The standard InChI is InChI=1S/C12H26N2O2/c1-4-5-13-12(10-15-3)8-14-6-7-16-9-11(14)2/h11-13H,4-10H2,1-3H3. The largest absolute Gasteiger partial charge is 0.383 e. The molecule has 1 saturated heterocycles. The lowest BCUT2D eigenvalue weighted by Gasteiger charge is -2.35. The summed E-state index contributed by atoms with van der Waals surface area (Å²) < 4.78 is 10.7. The molecule has 0 amide bonds. The zero-order valence-corrected chi connectivity index (χ0v) is 10.9. The van der Waals surface area contributed by atoms with E-state index < -0.39 is 0 Å². The van der Waals surface area contributed by atoms with E-state index in [4.69, 9.17) is 9.47 Å². The van der Waals surface area contributed by atoms with Crippen LogP contribution < -0.4 is 5.32 Å². The predicted molar refractivity (Wildman–Crippen MR) is 65.8 cm³/mol. The van der Waals surface area contributed by atoms with Crippen LogP contribution in [0.1, 0.15) is 20.3 Å². The van der Waals surface area contributed by atoms with E-state index >= 15 is 0 Å². The van der Waals surface area contributed by atoms with Crippen molar-refractivity contribution in [2.45, 2.75) is 32.4 Å². The van der Waals surface area contributed by atoms with Crippen LogP contribution in [0.4, 0.5) is 0 Å². The lowest BCUT2D eigenvalue weighted by Crippen LogP contribution is -2.51. The number of morpholine rings is 1. The molecule has 1 fully saturated rings. The van der Waals surface area contributed by atoms with Crippen molar-refractivity contribution in [1.82, 2.24) is 10.2 Å². The topological polar surface area (TPSA) is 33.7 Å². The van der Waals surface area contributed by atoms with E-state index in [1.807, 2.05) is 0 Å². The second kappa shape index (κ2) is 8.01. The molecule has 1 aliphatic rings. The van der Waals surface area contributed by atoms with Gasteiger partial charge in [-0.15, -0.1) is 0 Å². The maximum absolute atomic E-state index is 5.44. The Bertz CT molecular complexity index is 178. The SMILES string of the molecule is CCCNC(COC)CN1CCOCC1C. The number of hydrogen-bond donors (Lipinski definition) is 1. The van der Waals surface area contributed by atoms with Gasteiger partial charge in [0.15, 0.2) is 0 Å². The van der Waals surface area contributed by atoms with E-state index in [9.17, 15) is 0 Å². The Labute approximate surface area is 99.3 Å². The van der Waals surface area contributed by atoms with Gasteiger partial charge in [-0.05, 0) is 19.9 Å². The Morgan fingerprint density at radius 3 is 3.00 bits per heavy atom. The number of nitrogens with one attached hydrogen (secondary N) is 1. The summed E-state index contributed by atoms with van der Waals surface area (Å²) in [5, 5.41) is 3.53. The van der Waals surface area contributed by atoms with Crippen molar-refractivity contribution in [2.75, 3.05) is 46.6 Å². The smallest absolute Gasteiger partial charge is 0.0628 e. The molecule has 1 rings (SSSR count). The van der Waals surface area contributed by atoms with Crippen LogP contribution >= 0.6 is 0 Å². The maximum Gasteiger partial charge on any atom is 0.0628 e. The minimum atomic E-state index is 0.436. The molecular weight excluding hydrogens is 204 g/mol. The Hall–Kier alpha value is -0.160. The third-order valence-corrected chi connectivity index (χ3v) is 3.01. The van der Waals surface area contributed by atoms with E-state index in [0.29, 0.717) is 12.1 Å². The van der Waals surface area contributed by atoms with Gasteiger partial charge in [0.25, 0.3) is 0 Å². The van der Waals surface area contributed by atoms with Crippen LogP contribution in [-0.4, -0.2) is 63.5 Å². The van der Waals surface area contributed by atoms with E-state index in [-0.39, 0.29) is 0 Å². The summed E-state index contributed by atoms with van der Waals surface area (Å²) in [7, 11) is 1.77. The molecule has 16 heavy (non-hydrogen) atoms. The summed E-state index contributed by atoms with van der Waals surface area (Å²) >= 11 is 0. The van der Waals surface area contributed by atoms with Gasteiger partial charge >= 0.3 is 0 Å². The Morgan fingerprint density at radius 2 is 2.38 bits per heavy atom. The first-order chi connectivity index (χ1) is 7.77. The van der Waals surface area contributed by atoms with Crippen molar-refractivity contribution in [3.05, 3.63) is 0 Å². The summed E-state index contributed by atoms with van der Waals surface area (Å²) in [6, 6.07) is 0.960. The zero-order chi connectivity index (χ0) is 11.8. The van der Waals surface area contributed by atoms with Crippen LogP contribution in [0, 0.1) is 0 Å². The zero-order valence-electron chi connectivity index (χ0n) is 10.9. The molecule has 4 nitrogen and oxygen atoms in total. The fourth-order valence-electron chi connectivity index (χ4n) is 2.04. The highest BCUT2D eigenvalue weighted by atomic mass is 16.5. The second-order valence-electron chi connectivity index (χ2n) is 4.53. The van der Waals surface area contributed by atoms with Gasteiger partial charge in [0.05, 0.1) is 19.8 Å². The Balaban J connectivity index is 2.33. The Kier molecular flexibility index (Phi) is 6.96. The van der Waals surface area contributed by atoms with Crippen LogP contribution in [0.2, 0.25) is 0 Å². The van der Waals surface area contributed by atoms with E-state index in [2.05, 4.69) is 24.1 Å². The molecule has 0 spiro atoms. The first kappa shape index (κ1) is 13.9. The van der Waals surface area contributed by atoms with Crippen LogP contribution in [0.25, 0.3) is 0 Å². The van der Waals surface area contributed by atoms with Crippen molar-refractivity contribution in [1.29, 1.82) is 0 Å². The summed E-state index contributed by atoms with van der Waals surface area (Å²) in [6.07, 6.45) is 1.17. The first-order valence-electron chi connectivity index (χ1n) is 6.32. The third-order valence-electron chi connectivity index (χ3n) is 3.01. The second-order valence-corrected chi connectivity index (χ2v) is 4.53. The summed E-state index contributed by atoms with van der Waals surface area (Å²) in [4.78, 5) is 2.48. The summed E-state index contributed by atoms with van der Waals surface area (Å²) in [5.41, 5.74) is 0. The third kappa shape index (κ3) is 4.78. The van der Waals surface area contributed by atoms with Gasteiger partial charge in [-0.3, -0.25) is 4.90 Å². The van der Waals surface area contributed by atoms with Gasteiger partial charge in [0.2, 0.25) is 0 Å². The maximum atomic E-state index is 5.44. The molecule has 0 aliphatic carbocycles. The molecular formula is C12H26N2O2. The monoisotopic (exact) mass is 230 g/mol. The molecule has 1 N–H and O–H groups in total. The number of hydrogen-bond acceptors (Lipinski definition) is 4. The lowest BCUT2D eigenvalue weighted by molar-refractivity contribution is -0.00861. The molecule has 4 heteroatoms. The highest BCUT2D eigenvalue weighted by Crippen LogP contribution is 2.07. The van der Waals surface area contributed by atoms with Crippen LogP contribution in [0.15, 0.2) is 0 Å². The molecule has 0 radical (unpaired) electrons. The summed E-state index contributed by atoms with van der Waals surface area (Å²) in [5.74, 6) is 0. The number of rotatable bonds is 7. The van der Waals surface area contributed by atoms with E-state index in [0.717, 1.165) is 39.5 Å². The van der Waals surface area contributed by atoms with Gasteiger partial charge in [-0.25, -0.2) is 0 Å². The van der Waals surface area contributed by atoms with Gasteiger partial charge < -0.3 is 14.8 Å². The van der Waals surface area contributed by atoms with E-state index in [1.54, 1.807) is 7.11 Å². The average molecular weight is 230 g/mol. The van der Waals surface area contributed by atoms with Crippen molar-refractivity contribution in [2.24, 2.45) is 0 Å². The van der Waals surface area contributed by atoms with Crippen molar-refractivity contribution >= 4 is 0 Å². The number of methoxy groups -OCH3 is 1. The molecule has 0 aromatic carbocycles. The average Bonchev–Trinajstić information content (AvgIpc) is 2.29. The highest BCUT2D eigenvalue weighted by molar-refractivity contribution is 4.77. The molecule has 1 heterocycles. The van der Waals surface area contributed by atoms with Crippen molar-refractivity contribution in [3.63, 3.8) is 0 Å². The van der Waals surface area contributed by atoms with Crippen molar-refractivity contribution in [3.8, 4) is 0 Å². The molecule has 0 bridgehead atoms. The molecule has 1 aliphatic heterocycles. The molecule has 96 valence electrons. The van der Waals surface area contributed by atoms with Gasteiger partial charge in [-0.1, -0.05) is 6.92 Å².